The highest BCUT2D eigenvalue weighted by atomic mass is 32.2. The summed E-state index contributed by atoms with van der Waals surface area (Å²) in [5.41, 5.74) is 2.95. The fourth-order valence-corrected chi connectivity index (χ4v) is 3.20. The molecule has 2 N–H and O–H groups in total. The van der Waals surface area contributed by atoms with Crippen LogP contribution in [0.2, 0.25) is 0 Å². The third-order valence-electron chi connectivity index (χ3n) is 3.85. The number of hydrogen-bond acceptors (Lipinski definition) is 4. The largest absolute Gasteiger partial charge is 0.355 e. The van der Waals surface area contributed by atoms with Crippen molar-refractivity contribution >= 4 is 27.9 Å². The molecular weight excluding hydrogens is 352 g/mol. The molecule has 2 rings (SSSR count). The second-order valence-electron chi connectivity index (χ2n) is 5.75. The number of carbonyl (C=O) groups is 2. The lowest BCUT2D eigenvalue weighted by Crippen LogP contribution is -2.29. The van der Waals surface area contributed by atoms with Gasteiger partial charge in [-0.3, -0.25) is 9.59 Å². The van der Waals surface area contributed by atoms with Gasteiger partial charge in [0, 0.05) is 18.7 Å². The van der Waals surface area contributed by atoms with Crippen LogP contribution in [0.3, 0.4) is 0 Å². The van der Waals surface area contributed by atoms with Crippen LogP contribution in [0.4, 0.5) is 0 Å². The van der Waals surface area contributed by atoms with Gasteiger partial charge >= 0.3 is 0 Å². The molecule has 7 heteroatoms. The molecule has 0 saturated carbocycles. The van der Waals surface area contributed by atoms with Crippen LogP contribution in [0.5, 0.6) is 0 Å². The van der Waals surface area contributed by atoms with E-state index in [2.05, 4.69) is 5.32 Å². The van der Waals surface area contributed by atoms with Crippen LogP contribution in [-0.2, 0) is 14.8 Å². The van der Waals surface area contributed by atoms with Crippen molar-refractivity contribution in [3.63, 3.8) is 0 Å². The minimum absolute atomic E-state index is 0.0391. The molecule has 136 valence electrons. The summed E-state index contributed by atoms with van der Waals surface area (Å²) >= 11 is 0. The molecule has 6 nitrogen and oxygen atoms in total. The minimum Gasteiger partial charge on any atom is -0.355 e. The molecule has 0 saturated heterocycles. The van der Waals surface area contributed by atoms with Crippen LogP contribution in [0, 0.1) is 13.8 Å². The zero-order valence-corrected chi connectivity index (χ0v) is 15.6. The van der Waals surface area contributed by atoms with Crippen molar-refractivity contribution in [1.82, 2.24) is 10.0 Å². The summed E-state index contributed by atoms with van der Waals surface area (Å²) in [6.45, 7) is 3.68. The standard InChI is InChI=1S/C19H20N2O4S/c1-13-4-10-17(12-14(13)2)26(24,25)21-18(22)11-7-15-5-8-16(9-6-15)19(23)20-3/h4-12H,1-3H3,(H,20,23)(H,21,22)/b11-7+. The Morgan fingerprint density at radius 2 is 1.62 bits per heavy atom. The van der Waals surface area contributed by atoms with Crippen molar-refractivity contribution in [1.29, 1.82) is 0 Å². The van der Waals surface area contributed by atoms with Gasteiger partial charge in [-0.1, -0.05) is 18.2 Å². The van der Waals surface area contributed by atoms with Crippen LogP contribution in [0.15, 0.2) is 53.4 Å². The number of carbonyl (C=O) groups excluding carboxylic acids is 2. The molecule has 2 aromatic rings. The monoisotopic (exact) mass is 372 g/mol. The molecular formula is C19H20N2O4S. The molecule has 0 aromatic heterocycles. The van der Waals surface area contributed by atoms with Crippen LogP contribution in [-0.4, -0.2) is 27.3 Å². The Morgan fingerprint density at radius 1 is 0.962 bits per heavy atom. The number of sulfonamides is 1. The van der Waals surface area contributed by atoms with E-state index in [1.165, 1.54) is 25.3 Å². The predicted molar refractivity (Wildman–Crippen MR) is 100 cm³/mol. The summed E-state index contributed by atoms with van der Waals surface area (Å²) in [4.78, 5) is 23.4. The molecule has 0 aliphatic carbocycles. The maximum atomic E-state index is 12.3. The first-order valence-electron chi connectivity index (χ1n) is 7.87. The van der Waals surface area contributed by atoms with Crippen molar-refractivity contribution < 1.29 is 18.0 Å². The van der Waals surface area contributed by atoms with Crippen molar-refractivity contribution in [2.45, 2.75) is 18.7 Å². The SMILES string of the molecule is CNC(=O)c1ccc(/C=C/C(=O)NS(=O)(=O)c2ccc(C)c(C)c2)cc1. The molecule has 0 aliphatic heterocycles. The smallest absolute Gasteiger partial charge is 0.264 e. The predicted octanol–water partition coefficient (Wildman–Crippen LogP) is 2.18. The van der Waals surface area contributed by atoms with Gasteiger partial charge in [0.15, 0.2) is 0 Å². The lowest BCUT2D eigenvalue weighted by molar-refractivity contribution is -0.114. The topological polar surface area (TPSA) is 92.3 Å². The zero-order chi connectivity index (χ0) is 19.3. The minimum atomic E-state index is -3.93. The summed E-state index contributed by atoms with van der Waals surface area (Å²) in [5, 5.41) is 2.51. The van der Waals surface area contributed by atoms with E-state index < -0.39 is 15.9 Å². The fraction of sp³-hybridized carbons (Fsp3) is 0.158. The maximum Gasteiger partial charge on any atom is 0.264 e. The average Bonchev–Trinajstić information content (AvgIpc) is 2.61. The molecule has 2 aromatic carbocycles. The number of hydrogen-bond donors (Lipinski definition) is 2. The first-order chi connectivity index (χ1) is 12.2. The molecule has 0 spiro atoms. The maximum absolute atomic E-state index is 12.3. The fourth-order valence-electron chi connectivity index (χ4n) is 2.17. The summed E-state index contributed by atoms with van der Waals surface area (Å²) in [7, 11) is -2.39. The van der Waals surface area contributed by atoms with E-state index in [9.17, 15) is 18.0 Å². The zero-order valence-electron chi connectivity index (χ0n) is 14.7. The number of nitrogens with one attached hydrogen (secondary N) is 2. The Kier molecular flexibility index (Phi) is 5.94. The van der Waals surface area contributed by atoms with Gasteiger partial charge in [-0.25, -0.2) is 13.1 Å². The van der Waals surface area contributed by atoms with Crippen molar-refractivity contribution in [3.05, 3.63) is 70.8 Å². The van der Waals surface area contributed by atoms with Crippen molar-refractivity contribution in [2.24, 2.45) is 0 Å². The molecule has 0 aliphatic rings. The number of amides is 2. The van der Waals surface area contributed by atoms with Gasteiger partial charge in [-0.05, 0) is 60.9 Å². The Labute approximate surface area is 153 Å². The summed E-state index contributed by atoms with van der Waals surface area (Å²) in [5.74, 6) is -0.962. The second kappa shape index (κ2) is 7.97. The van der Waals surface area contributed by atoms with E-state index in [0.717, 1.165) is 17.2 Å². The van der Waals surface area contributed by atoms with Crippen LogP contribution < -0.4 is 10.0 Å². The second-order valence-corrected chi connectivity index (χ2v) is 7.43. The lowest BCUT2D eigenvalue weighted by Gasteiger charge is -2.07. The van der Waals surface area contributed by atoms with Crippen molar-refractivity contribution in [2.75, 3.05) is 7.05 Å². The summed E-state index contributed by atoms with van der Waals surface area (Å²) in [6.07, 6.45) is 2.60. The first-order valence-corrected chi connectivity index (χ1v) is 9.35. The van der Waals surface area contributed by atoms with E-state index >= 15 is 0 Å². The first kappa shape index (κ1) is 19.4. The van der Waals surface area contributed by atoms with Gasteiger partial charge in [-0.2, -0.15) is 0 Å². The number of benzene rings is 2. The molecule has 26 heavy (non-hydrogen) atoms. The Morgan fingerprint density at radius 3 is 2.19 bits per heavy atom. The molecule has 2 amide bonds. The normalized spacial score (nSPS) is 11.3. The van der Waals surface area contributed by atoms with E-state index in [-0.39, 0.29) is 10.8 Å². The van der Waals surface area contributed by atoms with Gasteiger partial charge in [0.1, 0.15) is 0 Å². The van der Waals surface area contributed by atoms with Crippen LogP contribution in [0.25, 0.3) is 6.08 Å². The van der Waals surface area contributed by atoms with E-state index in [0.29, 0.717) is 11.1 Å². The van der Waals surface area contributed by atoms with Gasteiger partial charge in [-0.15, -0.1) is 0 Å². The highest BCUT2D eigenvalue weighted by Gasteiger charge is 2.16. The molecule has 0 heterocycles. The third-order valence-corrected chi connectivity index (χ3v) is 5.20. The van der Waals surface area contributed by atoms with Crippen LogP contribution >= 0.6 is 0 Å². The summed E-state index contributed by atoms with van der Waals surface area (Å²) < 4.78 is 26.5. The van der Waals surface area contributed by atoms with E-state index in [1.807, 2.05) is 11.6 Å². The third kappa shape index (κ3) is 4.80. The van der Waals surface area contributed by atoms with E-state index in [1.54, 1.807) is 37.3 Å². The molecule has 0 atom stereocenters. The highest BCUT2D eigenvalue weighted by molar-refractivity contribution is 7.90. The van der Waals surface area contributed by atoms with Crippen LogP contribution in [0.1, 0.15) is 27.0 Å². The van der Waals surface area contributed by atoms with Gasteiger partial charge in [0.25, 0.3) is 21.8 Å². The molecule has 0 radical (unpaired) electrons. The molecule has 0 fully saturated rings. The van der Waals surface area contributed by atoms with Gasteiger partial charge in [0.2, 0.25) is 0 Å². The Bertz CT molecular complexity index is 962. The van der Waals surface area contributed by atoms with Gasteiger partial charge in [0.05, 0.1) is 4.90 Å². The Balaban J connectivity index is 2.08. The quantitative estimate of drug-likeness (QED) is 0.787. The Hall–Kier alpha value is -2.93. The average molecular weight is 372 g/mol. The number of aryl methyl sites for hydroxylation is 2. The lowest BCUT2D eigenvalue weighted by atomic mass is 10.1. The molecule has 0 unspecified atom stereocenters. The van der Waals surface area contributed by atoms with Crippen molar-refractivity contribution in [3.8, 4) is 0 Å². The van der Waals surface area contributed by atoms with E-state index in [4.69, 9.17) is 0 Å². The van der Waals surface area contributed by atoms with Gasteiger partial charge < -0.3 is 5.32 Å². The highest BCUT2D eigenvalue weighted by Crippen LogP contribution is 2.14. The summed E-state index contributed by atoms with van der Waals surface area (Å²) in [6, 6.07) is 11.2. The molecule has 0 bridgehead atoms. The number of rotatable bonds is 5.